The van der Waals surface area contributed by atoms with Crippen molar-refractivity contribution in [2.24, 2.45) is 0 Å². The fourth-order valence-corrected chi connectivity index (χ4v) is 7.41. The number of hydrogen-bond acceptors (Lipinski definition) is 4. The summed E-state index contributed by atoms with van der Waals surface area (Å²) in [4.78, 5) is 1.65. The average Bonchev–Trinajstić information content (AvgIpc) is 3.22. The molecule has 0 saturated heterocycles. The highest BCUT2D eigenvalue weighted by Gasteiger charge is 2.53. The van der Waals surface area contributed by atoms with Crippen LogP contribution in [0.2, 0.25) is 0 Å². The monoisotopic (exact) mass is 855 g/mol. The van der Waals surface area contributed by atoms with Crippen LogP contribution in [0.25, 0.3) is 0 Å². The van der Waals surface area contributed by atoms with Gasteiger partial charge < -0.3 is 23.8 Å². The molecule has 0 bridgehead atoms. The van der Waals surface area contributed by atoms with Crippen LogP contribution in [0.15, 0.2) is 0 Å². The first-order valence-corrected chi connectivity index (χ1v) is 16.7. The third-order valence-electron chi connectivity index (χ3n) is 10.0. The molecular weight excluding hydrogens is 825 g/mol. The molecule has 0 heterocycles. The lowest BCUT2D eigenvalue weighted by Crippen LogP contribution is -3.10. The fraction of sp³-hybridized carbons (Fsp3) is 0.333. The molecule has 0 atom stereocenters. The molecular formula is C36H30BF16NO4. The van der Waals surface area contributed by atoms with Gasteiger partial charge in [-0.3, -0.25) is 0 Å². The second-order valence-electron chi connectivity index (χ2n) is 13.1. The van der Waals surface area contributed by atoms with E-state index in [2.05, 4.69) is 33.0 Å². The van der Waals surface area contributed by atoms with Crippen LogP contribution >= 0.6 is 0 Å². The Morgan fingerprint density at radius 2 is 0.552 bits per heavy atom. The molecule has 318 valence electrons. The molecule has 0 aliphatic heterocycles. The zero-order valence-electron chi connectivity index (χ0n) is 30.9. The first-order chi connectivity index (χ1) is 27.2. The van der Waals surface area contributed by atoms with Crippen molar-refractivity contribution in [2.45, 2.75) is 38.1 Å². The Hall–Kier alpha value is -5.02. The lowest BCUT2D eigenvalue weighted by Gasteiger charge is -2.46. The summed E-state index contributed by atoms with van der Waals surface area (Å²) in [6.45, 7) is 0. The van der Waals surface area contributed by atoms with Crippen LogP contribution in [0.5, 0.6) is 23.0 Å². The molecule has 1 fully saturated rings. The van der Waals surface area contributed by atoms with Gasteiger partial charge in [0.2, 0.25) is 46.5 Å². The van der Waals surface area contributed by atoms with Gasteiger partial charge in [0.1, 0.15) is 52.4 Å². The van der Waals surface area contributed by atoms with Gasteiger partial charge in [0.25, 0.3) is 0 Å². The van der Waals surface area contributed by atoms with Crippen LogP contribution < -0.4 is 45.7 Å². The zero-order chi connectivity index (χ0) is 43.9. The number of quaternary nitrogens is 1. The predicted molar refractivity (Wildman–Crippen MR) is 175 cm³/mol. The van der Waals surface area contributed by atoms with Gasteiger partial charge in [-0.15, -0.1) is 21.9 Å². The van der Waals surface area contributed by atoms with E-state index >= 15 is 52.7 Å². The van der Waals surface area contributed by atoms with Crippen LogP contribution in [0, 0.1) is 93.1 Å². The van der Waals surface area contributed by atoms with E-state index in [0.717, 1.165) is 6.04 Å². The van der Waals surface area contributed by atoms with Crippen LogP contribution in [0.1, 0.15) is 32.1 Å². The number of nitrogens with one attached hydrogen (secondary N) is 1. The maximum Gasteiger partial charge on any atom is 0.201 e. The average molecular weight is 855 g/mol. The van der Waals surface area contributed by atoms with Gasteiger partial charge in [-0.2, -0.15) is 17.6 Å². The normalized spacial score (nSPS) is 13.4. The fourth-order valence-electron chi connectivity index (χ4n) is 7.41. The maximum absolute atomic E-state index is 16.3. The van der Waals surface area contributed by atoms with Crippen molar-refractivity contribution < 1.29 is 94.1 Å². The summed E-state index contributed by atoms with van der Waals surface area (Å²) in [5.74, 6) is -56.6. The van der Waals surface area contributed by atoms with Gasteiger partial charge in [0, 0.05) is 0 Å². The van der Waals surface area contributed by atoms with E-state index in [-0.39, 0.29) is 28.4 Å². The number of halogens is 16. The molecule has 1 aliphatic rings. The smallest absolute Gasteiger partial charge is 0.201 e. The lowest BCUT2D eigenvalue weighted by molar-refractivity contribution is -0.887. The molecule has 0 radical (unpaired) electrons. The summed E-state index contributed by atoms with van der Waals surface area (Å²) in [6.07, 6.45) is 1.08. The van der Waals surface area contributed by atoms with Crippen molar-refractivity contribution in [3.63, 3.8) is 0 Å². The number of benzene rings is 4. The minimum atomic E-state index is -6.25. The summed E-state index contributed by atoms with van der Waals surface area (Å²) in [6, 6.07) is 0.971. The Bertz CT molecular complexity index is 1960. The predicted octanol–water partition coefficient (Wildman–Crippen LogP) is 5.79. The lowest BCUT2D eigenvalue weighted by atomic mass is 9.12. The van der Waals surface area contributed by atoms with Crippen LogP contribution in [0.3, 0.4) is 0 Å². The first kappa shape index (κ1) is 45.7. The number of ether oxygens (including phenoxy) is 4. The third-order valence-corrected chi connectivity index (χ3v) is 10.0. The maximum atomic E-state index is 16.3. The highest BCUT2D eigenvalue weighted by molar-refractivity contribution is 7.21. The molecule has 0 amide bonds. The molecule has 0 unspecified atom stereocenters. The molecule has 58 heavy (non-hydrogen) atoms. The van der Waals surface area contributed by atoms with E-state index in [4.69, 9.17) is 0 Å². The second-order valence-corrected chi connectivity index (χ2v) is 13.1. The van der Waals surface area contributed by atoms with E-state index in [1.807, 2.05) is 0 Å². The van der Waals surface area contributed by atoms with E-state index < -0.39 is 144 Å². The molecule has 1 saturated carbocycles. The molecule has 22 heteroatoms. The molecule has 4 aromatic carbocycles. The number of methoxy groups -OCH3 is 4. The topological polar surface area (TPSA) is 41.4 Å². The summed E-state index contributed by atoms with van der Waals surface area (Å²) in [5.41, 5.74) is -10.4. The minimum absolute atomic E-state index is 0.220. The molecule has 0 aromatic heterocycles. The van der Waals surface area contributed by atoms with Crippen molar-refractivity contribution in [1.82, 2.24) is 0 Å². The summed E-state index contributed by atoms with van der Waals surface area (Å²) < 4.78 is 263. The summed E-state index contributed by atoms with van der Waals surface area (Å²) in [7, 11) is 5.43. The molecule has 1 N–H and O–H groups in total. The second kappa shape index (κ2) is 17.5. The van der Waals surface area contributed by atoms with Crippen LogP contribution in [-0.4, -0.2) is 54.7 Å². The summed E-state index contributed by atoms with van der Waals surface area (Å²) >= 11 is 0. The van der Waals surface area contributed by atoms with E-state index in [1.165, 1.54) is 32.1 Å². The van der Waals surface area contributed by atoms with Crippen molar-refractivity contribution in [3.8, 4) is 23.0 Å². The Kier molecular flexibility index (Phi) is 13.7. The highest BCUT2D eigenvalue weighted by Crippen LogP contribution is 2.38. The van der Waals surface area contributed by atoms with Gasteiger partial charge >= 0.3 is 0 Å². The van der Waals surface area contributed by atoms with Crippen molar-refractivity contribution in [3.05, 3.63) is 93.1 Å². The molecule has 4 aromatic rings. The minimum Gasteiger partial charge on any atom is -0.497 e. The third kappa shape index (κ3) is 6.99. The van der Waals surface area contributed by atoms with Crippen molar-refractivity contribution >= 4 is 28.0 Å². The Balaban J connectivity index is 0.000000727. The Morgan fingerprint density at radius 3 is 0.724 bits per heavy atom. The largest absolute Gasteiger partial charge is 0.497 e. The van der Waals surface area contributed by atoms with Gasteiger partial charge in [-0.05, 0) is 25.7 Å². The van der Waals surface area contributed by atoms with Crippen molar-refractivity contribution in [1.29, 1.82) is 0 Å². The van der Waals surface area contributed by atoms with Crippen LogP contribution in [0.4, 0.5) is 70.2 Å². The van der Waals surface area contributed by atoms with E-state index in [0.29, 0.717) is 0 Å². The van der Waals surface area contributed by atoms with Gasteiger partial charge in [0.15, 0.2) is 23.3 Å². The van der Waals surface area contributed by atoms with Gasteiger partial charge in [-0.25, -0.2) is 52.7 Å². The number of rotatable bonds is 9. The first-order valence-electron chi connectivity index (χ1n) is 16.7. The molecule has 1 aliphatic carbocycles. The molecule has 5 nitrogen and oxygen atoms in total. The van der Waals surface area contributed by atoms with Gasteiger partial charge in [0.05, 0.1) is 48.6 Å². The molecule has 0 spiro atoms. The van der Waals surface area contributed by atoms with Crippen molar-refractivity contribution in [2.75, 3.05) is 42.5 Å². The van der Waals surface area contributed by atoms with E-state index in [9.17, 15) is 17.6 Å². The van der Waals surface area contributed by atoms with Crippen LogP contribution in [-0.2, 0) is 0 Å². The summed E-state index contributed by atoms with van der Waals surface area (Å²) in [5, 5.41) is 0. The highest BCUT2D eigenvalue weighted by atomic mass is 19.2. The Morgan fingerprint density at radius 1 is 0.345 bits per heavy atom. The zero-order valence-corrected chi connectivity index (χ0v) is 30.9. The standard InChI is InChI=1S/C28H12BF16O4.C8H17N/c1-46-25-5(9(30)13(34)17(38)21(25)42)29(6-10(31)14(35)18(39)22(43)26(6)47-2,7-11(32)15(36)19(40)23(44)27(7)48-3)8-12(33)16(37)20(41)24(45)28(8)49-4;1-9(2)8-6-4-3-5-7-8/h1-4H3;8H,3-7H2,1-2H3/q-1;/p+1. The molecule has 5 rings (SSSR count). The number of hydrogen-bond donors (Lipinski definition) is 1. The van der Waals surface area contributed by atoms with Gasteiger partial charge in [-0.1, -0.05) is 6.42 Å². The quantitative estimate of drug-likeness (QED) is 0.100. The Labute approximate surface area is 319 Å². The van der Waals surface area contributed by atoms with E-state index in [1.54, 1.807) is 4.90 Å². The SMILES string of the molecule is COc1c(F)c(F)c(F)c(F)c1[B-](c1c(F)c(F)c(F)c(F)c1OC)(c1c(F)c(F)c(F)c(F)c1OC)c1c(F)c(F)c(F)c(F)c1OC.C[NH+](C)C1CCCCC1.